The maximum absolute atomic E-state index is 14.3. The van der Waals surface area contributed by atoms with Crippen LogP contribution in [0.4, 0.5) is 8.78 Å². The number of allylic oxidation sites excluding steroid dienone is 9. The van der Waals surface area contributed by atoms with Gasteiger partial charge in [-0.25, -0.2) is 18.7 Å². The second-order valence-corrected chi connectivity index (χ2v) is 11.5. The number of carbonyl (C=O) groups is 1. The van der Waals surface area contributed by atoms with Gasteiger partial charge < -0.3 is 14.3 Å². The predicted molar refractivity (Wildman–Crippen MR) is 181 cm³/mol. The third kappa shape index (κ3) is 11.8. The van der Waals surface area contributed by atoms with Gasteiger partial charge in [-0.2, -0.15) is 4.39 Å². The lowest BCUT2D eigenvalue weighted by Gasteiger charge is -2.28. The lowest BCUT2D eigenvalue weighted by molar-refractivity contribution is -0.0980. The van der Waals surface area contributed by atoms with Crippen LogP contribution >= 0.6 is 0 Å². The Morgan fingerprint density at radius 1 is 1.11 bits per heavy atom. The first-order valence-corrected chi connectivity index (χ1v) is 16.5. The number of aryl methyl sites for hydroxylation is 1. The smallest absolute Gasteiger partial charge is 0.165 e. The molecule has 1 aromatic carbocycles. The van der Waals surface area contributed by atoms with Crippen LogP contribution in [0.1, 0.15) is 76.6 Å². The van der Waals surface area contributed by atoms with Gasteiger partial charge in [-0.05, 0) is 97.6 Å². The van der Waals surface area contributed by atoms with Gasteiger partial charge in [0, 0.05) is 31.7 Å². The second-order valence-electron chi connectivity index (χ2n) is 10.4. The van der Waals surface area contributed by atoms with Gasteiger partial charge in [0.25, 0.3) is 0 Å². The number of rotatable bonds is 8. The van der Waals surface area contributed by atoms with E-state index >= 15 is 0 Å². The minimum absolute atomic E-state index is 0.104. The number of carbonyl (C=O) groups excluding carboxylic acids is 1. The molecular weight excluding hydrogens is 590 g/mol. The van der Waals surface area contributed by atoms with E-state index in [0.29, 0.717) is 4.91 Å². The maximum atomic E-state index is 14.3. The number of halogens is 2. The van der Waals surface area contributed by atoms with Gasteiger partial charge in [-0.3, -0.25) is 0 Å². The number of aromatic nitrogens is 2. The van der Waals surface area contributed by atoms with Crippen LogP contribution in [0.2, 0.25) is 0 Å². The molecular formula is C36H46F2N4O2S. The van der Waals surface area contributed by atoms with E-state index in [1.54, 1.807) is 12.1 Å². The van der Waals surface area contributed by atoms with Crippen LogP contribution in [0.25, 0.3) is 0 Å². The minimum atomic E-state index is -1.56. The van der Waals surface area contributed by atoms with E-state index in [9.17, 15) is 13.0 Å². The number of hydrogen-bond acceptors (Lipinski definition) is 4. The summed E-state index contributed by atoms with van der Waals surface area (Å²) in [5.74, 6) is 0.612. The molecule has 1 fully saturated rings. The number of imidazole rings is 1. The van der Waals surface area contributed by atoms with Gasteiger partial charge in [-0.15, -0.1) is 0 Å². The summed E-state index contributed by atoms with van der Waals surface area (Å²) in [6, 6.07) is 7.16. The van der Waals surface area contributed by atoms with Crippen LogP contribution in [0.5, 0.6) is 0 Å². The average molecular weight is 637 g/mol. The molecule has 1 aromatic heterocycles. The second kappa shape index (κ2) is 20.2. The van der Waals surface area contributed by atoms with Gasteiger partial charge in [0.2, 0.25) is 0 Å². The number of fused-ring (bicyclic) bond motifs is 1. The molecule has 242 valence electrons. The molecule has 0 saturated heterocycles. The van der Waals surface area contributed by atoms with E-state index in [-0.39, 0.29) is 11.7 Å². The zero-order chi connectivity index (χ0) is 33.2. The third-order valence-electron chi connectivity index (χ3n) is 7.55. The van der Waals surface area contributed by atoms with E-state index in [4.69, 9.17) is 9.93 Å². The van der Waals surface area contributed by atoms with E-state index in [1.807, 2.05) is 52.2 Å². The van der Waals surface area contributed by atoms with Crippen LogP contribution in [0.3, 0.4) is 0 Å². The van der Waals surface area contributed by atoms with Crippen molar-refractivity contribution in [3.8, 4) is 0 Å². The Balaban J connectivity index is 0.000000394. The minimum Gasteiger partial charge on any atom is -0.364 e. The lowest BCUT2D eigenvalue weighted by atomic mass is 9.89. The summed E-state index contributed by atoms with van der Waals surface area (Å²) >= 11 is 0. The van der Waals surface area contributed by atoms with Crippen molar-refractivity contribution in [1.82, 2.24) is 14.5 Å². The van der Waals surface area contributed by atoms with Crippen molar-refractivity contribution in [3.63, 3.8) is 0 Å². The topological polar surface area (TPSA) is 81.2 Å². The molecule has 6 nitrogen and oxygen atoms in total. The molecule has 0 spiro atoms. The van der Waals surface area contributed by atoms with Gasteiger partial charge in [-0.1, -0.05) is 56.9 Å². The SMILES string of the molecule is C=O.CC.CC(CCN(Cc1nccn1C)C1=CCC=C2CCCCC2=C1)c1ccccc1F.NS(=O)C1=CC=C=C(F)C=C1. The Labute approximate surface area is 269 Å². The third-order valence-corrected chi connectivity index (χ3v) is 8.29. The highest BCUT2D eigenvalue weighted by Gasteiger charge is 2.19. The summed E-state index contributed by atoms with van der Waals surface area (Å²) in [6.45, 7) is 9.75. The number of nitrogens with two attached hydrogens (primary N) is 1. The molecule has 3 aliphatic carbocycles. The average Bonchev–Trinajstić information content (AvgIpc) is 3.22. The summed E-state index contributed by atoms with van der Waals surface area (Å²) in [7, 11) is 0.490. The molecule has 9 heteroatoms. The normalized spacial score (nSPS) is 16.4. The van der Waals surface area contributed by atoms with Crippen molar-refractivity contribution >= 4 is 17.8 Å². The Kier molecular flexibility index (Phi) is 16.7. The molecule has 1 heterocycles. The lowest BCUT2D eigenvalue weighted by Crippen LogP contribution is -2.26. The van der Waals surface area contributed by atoms with Crippen molar-refractivity contribution in [2.45, 2.75) is 71.8 Å². The summed E-state index contributed by atoms with van der Waals surface area (Å²) < 4.78 is 39.4. The fourth-order valence-corrected chi connectivity index (χ4v) is 5.53. The van der Waals surface area contributed by atoms with E-state index in [2.05, 4.69) is 45.3 Å². The van der Waals surface area contributed by atoms with Crippen LogP contribution < -0.4 is 5.14 Å². The molecule has 5 rings (SSSR count). The summed E-state index contributed by atoms with van der Waals surface area (Å²) in [4.78, 5) is 15.4. The fraction of sp³-hybridized carbons (Fsp3) is 0.361. The molecule has 1 saturated carbocycles. The molecule has 2 N–H and O–H groups in total. The van der Waals surface area contributed by atoms with E-state index < -0.39 is 16.8 Å². The molecule has 0 bridgehead atoms. The Bertz CT molecular complexity index is 1500. The zero-order valence-corrected chi connectivity index (χ0v) is 27.7. The van der Waals surface area contributed by atoms with Crippen molar-refractivity contribution in [1.29, 1.82) is 0 Å². The summed E-state index contributed by atoms with van der Waals surface area (Å²) in [5, 5.41) is 5.06. The highest BCUT2D eigenvalue weighted by atomic mass is 32.2. The highest BCUT2D eigenvalue weighted by Crippen LogP contribution is 2.33. The number of nitrogens with zero attached hydrogens (tertiary/aromatic N) is 3. The van der Waals surface area contributed by atoms with Gasteiger partial charge in [0.05, 0.1) is 11.4 Å². The van der Waals surface area contributed by atoms with Crippen LogP contribution in [-0.4, -0.2) is 32.0 Å². The molecule has 2 atom stereocenters. The van der Waals surface area contributed by atoms with Crippen molar-refractivity contribution < 1.29 is 17.8 Å². The molecule has 3 aliphatic rings. The first kappa shape index (κ1) is 37.3. The standard InChI is InChI=1S/C26H32FN3.C7H6FNOS.C2H6.CH2O/c1-20(24-12-5-6-13-25(24)27)14-16-30(19-26-28-15-17-29(26)2)23-11-7-10-21-8-3-4-9-22(21)18-23;8-6-2-1-3-7(5-4-6)11(9)10;2*1-2/h5-6,10-13,15,17-18,20H,3-4,7-9,14,16,19H2,1-2H3;1,3-5H,9H2;1-2H3;1H2. The number of hydrogen-bond donors (Lipinski definition) is 1. The van der Waals surface area contributed by atoms with E-state index in [0.717, 1.165) is 37.3 Å². The molecule has 0 amide bonds. The van der Waals surface area contributed by atoms with Gasteiger partial charge >= 0.3 is 0 Å². The van der Waals surface area contributed by atoms with E-state index in [1.165, 1.54) is 66.8 Å². The Hall–Kier alpha value is -3.91. The first-order chi connectivity index (χ1) is 21.8. The quantitative estimate of drug-likeness (QED) is 0.296. The van der Waals surface area contributed by atoms with Crippen LogP contribution in [-0.2, 0) is 29.4 Å². The zero-order valence-electron chi connectivity index (χ0n) is 26.8. The fourth-order valence-electron chi connectivity index (χ4n) is 5.13. The van der Waals surface area contributed by atoms with Crippen molar-refractivity contribution in [2.75, 3.05) is 6.54 Å². The van der Waals surface area contributed by atoms with Gasteiger partial charge in [0.1, 0.15) is 29.4 Å². The highest BCUT2D eigenvalue weighted by molar-refractivity contribution is 7.86. The molecule has 45 heavy (non-hydrogen) atoms. The van der Waals surface area contributed by atoms with Crippen LogP contribution in [0, 0.1) is 5.82 Å². The molecule has 0 aliphatic heterocycles. The Morgan fingerprint density at radius 3 is 2.49 bits per heavy atom. The molecule has 0 radical (unpaired) electrons. The monoisotopic (exact) mass is 636 g/mol. The molecule has 2 aromatic rings. The predicted octanol–water partition coefficient (Wildman–Crippen LogP) is 8.18. The first-order valence-electron chi connectivity index (χ1n) is 15.3. The largest absolute Gasteiger partial charge is 0.364 e. The summed E-state index contributed by atoms with van der Waals surface area (Å²) in [5.41, 5.74) is 7.41. The Morgan fingerprint density at radius 2 is 1.82 bits per heavy atom. The van der Waals surface area contributed by atoms with Gasteiger partial charge in [0.15, 0.2) is 5.83 Å². The maximum Gasteiger partial charge on any atom is 0.165 e. The summed E-state index contributed by atoms with van der Waals surface area (Å²) in [6.07, 6.45) is 23.2. The number of benzene rings is 1. The molecule has 2 unspecified atom stereocenters. The van der Waals surface area contributed by atoms with Crippen molar-refractivity contribution in [3.05, 3.63) is 130 Å². The van der Waals surface area contributed by atoms with Crippen molar-refractivity contribution in [2.24, 2.45) is 12.2 Å². The van der Waals surface area contributed by atoms with Crippen LogP contribution in [0.15, 0.2) is 112 Å².